The molecule has 0 spiro atoms. The summed E-state index contributed by atoms with van der Waals surface area (Å²) < 4.78 is 0. The van der Waals surface area contributed by atoms with Crippen molar-refractivity contribution in [2.75, 3.05) is 6.54 Å². The molecule has 0 fully saturated rings. The topological polar surface area (TPSA) is 12.0 Å². The molecule has 0 aromatic heterocycles. The first-order chi connectivity index (χ1) is 7.31. The molecule has 0 aliphatic carbocycles. The summed E-state index contributed by atoms with van der Waals surface area (Å²) in [7, 11) is 0. The monoisotopic (exact) mass is 213 g/mol. The van der Waals surface area contributed by atoms with Crippen molar-refractivity contribution in [3.8, 4) is 0 Å². The van der Waals surface area contributed by atoms with Crippen LogP contribution < -0.4 is 5.32 Å². The van der Waals surface area contributed by atoms with Crippen molar-refractivity contribution in [3.05, 3.63) is 0 Å². The lowest BCUT2D eigenvalue weighted by Gasteiger charge is -2.12. The minimum atomic E-state index is 0.723. The number of unbranched alkanes of at least 4 members (excludes halogenated alkanes) is 6. The van der Waals surface area contributed by atoms with Gasteiger partial charge in [-0.2, -0.15) is 0 Å². The molecule has 15 heavy (non-hydrogen) atoms. The summed E-state index contributed by atoms with van der Waals surface area (Å²) in [6.07, 6.45) is 12.6. The maximum Gasteiger partial charge on any atom is 0.00387 e. The van der Waals surface area contributed by atoms with Crippen LogP contribution in [0.3, 0.4) is 0 Å². The third-order valence-electron chi connectivity index (χ3n) is 2.98. The molecule has 0 rings (SSSR count). The van der Waals surface area contributed by atoms with Crippen molar-refractivity contribution in [1.29, 1.82) is 0 Å². The van der Waals surface area contributed by atoms with Gasteiger partial charge in [-0.3, -0.25) is 0 Å². The molecule has 1 atom stereocenters. The summed E-state index contributed by atoms with van der Waals surface area (Å²) in [5.74, 6) is 0. The second-order valence-corrected chi connectivity index (χ2v) is 4.77. The smallest absolute Gasteiger partial charge is 0.00387 e. The van der Waals surface area contributed by atoms with E-state index in [4.69, 9.17) is 0 Å². The van der Waals surface area contributed by atoms with Crippen molar-refractivity contribution in [3.63, 3.8) is 0 Å². The van der Waals surface area contributed by atoms with Crippen molar-refractivity contribution in [2.24, 2.45) is 0 Å². The minimum absolute atomic E-state index is 0.723. The Morgan fingerprint density at radius 1 is 0.800 bits per heavy atom. The molecule has 92 valence electrons. The van der Waals surface area contributed by atoms with Gasteiger partial charge in [-0.1, -0.05) is 58.8 Å². The number of hydrogen-bond donors (Lipinski definition) is 1. The van der Waals surface area contributed by atoms with Crippen LogP contribution in [0.5, 0.6) is 0 Å². The van der Waals surface area contributed by atoms with Crippen molar-refractivity contribution >= 4 is 0 Å². The molecule has 0 aromatic rings. The molecule has 0 heterocycles. The molecule has 1 nitrogen and oxygen atoms in total. The van der Waals surface area contributed by atoms with Gasteiger partial charge in [0.2, 0.25) is 0 Å². The molecule has 1 N–H and O–H groups in total. The fourth-order valence-corrected chi connectivity index (χ4v) is 1.90. The van der Waals surface area contributed by atoms with Crippen LogP contribution in [-0.2, 0) is 0 Å². The molecule has 0 aromatic carbocycles. The maximum atomic E-state index is 3.54. The SMILES string of the molecule is CCCCCCCCCC(C)NCCC. The molecule has 1 heteroatoms. The molecular formula is C14H31N. The summed E-state index contributed by atoms with van der Waals surface area (Å²) in [6.45, 7) is 8.00. The van der Waals surface area contributed by atoms with E-state index in [-0.39, 0.29) is 0 Å². The predicted molar refractivity (Wildman–Crippen MR) is 70.4 cm³/mol. The van der Waals surface area contributed by atoms with E-state index in [1.807, 2.05) is 0 Å². The zero-order chi connectivity index (χ0) is 11.4. The number of hydrogen-bond acceptors (Lipinski definition) is 1. The van der Waals surface area contributed by atoms with E-state index in [9.17, 15) is 0 Å². The third-order valence-corrected chi connectivity index (χ3v) is 2.98. The largest absolute Gasteiger partial charge is 0.314 e. The van der Waals surface area contributed by atoms with Crippen LogP contribution in [0, 0.1) is 0 Å². The highest BCUT2D eigenvalue weighted by Crippen LogP contribution is 2.09. The first kappa shape index (κ1) is 15.0. The van der Waals surface area contributed by atoms with Gasteiger partial charge in [-0.15, -0.1) is 0 Å². The highest BCUT2D eigenvalue weighted by atomic mass is 14.9. The third kappa shape index (κ3) is 11.9. The Kier molecular flexibility index (Phi) is 12.0. The van der Waals surface area contributed by atoms with Gasteiger partial charge >= 0.3 is 0 Å². The zero-order valence-electron chi connectivity index (χ0n) is 11.1. The average molecular weight is 213 g/mol. The van der Waals surface area contributed by atoms with Gasteiger partial charge in [-0.05, 0) is 26.3 Å². The van der Waals surface area contributed by atoms with E-state index in [0.29, 0.717) is 0 Å². The molecule has 0 amide bonds. The van der Waals surface area contributed by atoms with E-state index in [2.05, 4.69) is 26.1 Å². The Balaban J connectivity index is 3.02. The highest BCUT2D eigenvalue weighted by molar-refractivity contribution is 4.59. The van der Waals surface area contributed by atoms with Crippen LogP contribution in [0.1, 0.15) is 78.6 Å². The molecule has 0 aliphatic heterocycles. The van der Waals surface area contributed by atoms with Crippen LogP contribution in [0.4, 0.5) is 0 Å². The van der Waals surface area contributed by atoms with Gasteiger partial charge < -0.3 is 5.32 Å². The fraction of sp³-hybridized carbons (Fsp3) is 1.00. The van der Waals surface area contributed by atoms with E-state index in [1.165, 1.54) is 64.3 Å². The fourth-order valence-electron chi connectivity index (χ4n) is 1.90. The van der Waals surface area contributed by atoms with Crippen molar-refractivity contribution in [1.82, 2.24) is 5.32 Å². The van der Waals surface area contributed by atoms with Crippen LogP contribution in [0.15, 0.2) is 0 Å². The normalized spacial score (nSPS) is 13.0. The van der Waals surface area contributed by atoms with E-state index >= 15 is 0 Å². The summed E-state index contributed by atoms with van der Waals surface area (Å²) >= 11 is 0. The Morgan fingerprint density at radius 2 is 1.40 bits per heavy atom. The summed E-state index contributed by atoms with van der Waals surface area (Å²) in [5, 5.41) is 3.54. The standard InChI is InChI=1S/C14H31N/c1-4-6-7-8-9-10-11-12-14(3)15-13-5-2/h14-15H,4-13H2,1-3H3. The Hall–Kier alpha value is -0.0400. The second-order valence-electron chi connectivity index (χ2n) is 4.77. The van der Waals surface area contributed by atoms with Gasteiger partial charge in [0.05, 0.1) is 0 Å². The van der Waals surface area contributed by atoms with E-state index < -0.39 is 0 Å². The molecular weight excluding hydrogens is 182 g/mol. The minimum Gasteiger partial charge on any atom is -0.314 e. The Bertz CT molecular complexity index is 112. The highest BCUT2D eigenvalue weighted by Gasteiger charge is 1.99. The molecule has 0 radical (unpaired) electrons. The quantitative estimate of drug-likeness (QED) is 0.498. The van der Waals surface area contributed by atoms with Gasteiger partial charge in [0.15, 0.2) is 0 Å². The van der Waals surface area contributed by atoms with Gasteiger partial charge in [-0.25, -0.2) is 0 Å². The Morgan fingerprint density at radius 3 is 2.00 bits per heavy atom. The van der Waals surface area contributed by atoms with Gasteiger partial charge in [0.25, 0.3) is 0 Å². The first-order valence-corrected chi connectivity index (χ1v) is 7.04. The first-order valence-electron chi connectivity index (χ1n) is 7.04. The van der Waals surface area contributed by atoms with Gasteiger partial charge in [0.1, 0.15) is 0 Å². The summed E-state index contributed by atoms with van der Waals surface area (Å²) in [5.41, 5.74) is 0. The predicted octanol–water partition coefficient (Wildman–Crippen LogP) is 4.52. The lowest BCUT2D eigenvalue weighted by molar-refractivity contribution is 0.477. The molecule has 0 saturated heterocycles. The number of nitrogens with one attached hydrogen (secondary N) is 1. The van der Waals surface area contributed by atoms with Crippen LogP contribution in [0.2, 0.25) is 0 Å². The molecule has 1 unspecified atom stereocenters. The van der Waals surface area contributed by atoms with Crippen molar-refractivity contribution < 1.29 is 0 Å². The van der Waals surface area contributed by atoms with E-state index in [1.54, 1.807) is 0 Å². The van der Waals surface area contributed by atoms with Crippen LogP contribution in [-0.4, -0.2) is 12.6 Å². The Labute approximate surface area is 97.0 Å². The lowest BCUT2D eigenvalue weighted by atomic mass is 10.1. The van der Waals surface area contributed by atoms with Gasteiger partial charge in [0, 0.05) is 6.04 Å². The second kappa shape index (κ2) is 12.0. The maximum absolute atomic E-state index is 3.54. The van der Waals surface area contributed by atoms with E-state index in [0.717, 1.165) is 6.04 Å². The molecule has 0 saturated carbocycles. The summed E-state index contributed by atoms with van der Waals surface area (Å²) in [6, 6.07) is 0.723. The van der Waals surface area contributed by atoms with Crippen LogP contribution >= 0.6 is 0 Å². The lowest BCUT2D eigenvalue weighted by Crippen LogP contribution is -2.26. The number of rotatable bonds is 11. The molecule has 0 bridgehead atoms. The van der Waals surface area contributed by atoms with Crippen molar-refractivity contribution in [2.45, 2.75) is 84.6 Å². The van der Waals surface area contributed by atoms with Crippen LogP contribution in [0.25, 0.3) is 0 Å². The zero-order valence-corrected chi connectivity index (χ0v) is 11.1. The average Bonchev–Trinajstić information content (AvgIpc) is 2.25. The molecule has 0 aliphatic rings. The summed E-state index contributed by atoms with van der Waals surface area (Å²) in [4.78, 5) is 0.